The van der Waals surface area contributed by atoms with Gasteiger partial charge in [0.15, 0.2) is 38.7 Å². The molecule has 0 unspecified atom stereocenters. The van der Waals surface area contributed by atoms with Crippen LogP contribution in [0.4, 0.5) is 8.78 Å². The number of fused-ring (bicyclic) bond motifs is 1. The van der Waals surface area contributed by atoms with Crippen molar-refractivity contribution in [1.29, 1.82) is 5.26 Å². The molecule has 0 aliphatic carbocycles. The lowest BCUT2D eigenvalue weighted by molar-refractivity contribution is -0.286. The van der Waals surface area contributed by atoms with Crippen LogP contribution in [0.1, 0.15) is 11.6 Å². The summed E-state index contributed by atoms with van der Waals surface area (Å²) >= 11 is 0. The molecule has 0 saturated heterocycles. The van der Waals surface area contributed by atoms with Gasteiger partial charge >= 0.3 is 6.29 Å². The number of nitrogens with zero attached hydrogens (tertiary/aromatic N) is 4. The van der Waals surface area contributed by atoms with Gasteiger partial charge in [0.05, 0.1) is 10.6 Å². The van der Waals surface area contributed by atoms with Gasteiger partial charge in [0.2, 0.25) is 0 Å². The van der Waals surface area contributed by atoms with Crippen molar-refractivity contribution in [3.63, 3.8) is 0 Å². The lowest BCUT2D eigenvalue weighted by Gasteiger charge is -2.13. The van der Waals surface area contributed by atoms with E-state index in [9.17, 15) is 22.5 Å². The van der Waals surface area contributed by atoms with Crippen LogP contribution in [0.5, 0.6) is 11.5 Å². The zero-order chi connectivity index (χ0) is 29.1. The summed E-state index contributed by atoms with van der Waals surface area (Å²) in [5, 5.41) is 13.7. The van der Waals surface area contributed by atoms with Crippen molar-refractivity contribution in [1.82, 2.24) is 14.8 Å². The zero-order valence-electron chi connectivity index (χ0n) is 21.8. The molecule has 0 amide bonds. The van der Waals surface area contributed by atoms with E-state index >= 15 is 0 Å². The molecule has 9 nitrogen and oxygen atoms in total. The van der Waals surface area contributed by atoms with Crippen LogP contribution < -0.4 is 9.47 Å². The Kier molecular flexibility index (Phi) is 5.93. The lowest BCUT2D eigenvalue weighted by atomic mass is 9.94. The van der Waals surface area contributed by atoms with E-state index in [1.807, 2.05) is 24.3 Å². The highest BCUT2D eigenvalue weighted by molar-refractivity contribution is 7.90. The van der Waals surface area contributed by atoms with E-state index < -0.39 is 16.1 Å². The fourth-order valence-electron chi connectivity index (χ4n) is 4.72. The smallest absolute Gasteiger partial charge is 0.440 e. The van der Waals surface area contributed by atoms with Crippen molar-refractivity contribution in [2.45, 2.75) is 18.1 Å². The topological polar surface area (TPSA) is 120 Å². The summed E-state index contributed by atoms with van der Waals surface area (Å²) in [6, 6.07) is 20.0. The quantitative estimate of drug-likeness (QED) is 0.251. The number of halogens is 2. The normalized spacial score (nSPS) is 13.8. The maximum atomic E-state index is 13.7. The Balaban J connectivity index is 1.57. The molecule has 41 heavy (non-hydrogen) atoms. The number of aromatic nitrogens is 3. The largest absolute Gasteiger partial charge is 0.586 e. The first-order chi connectivity index (χ1) is 19.4. The summed E-state index contributed by atoms with van der Waals surface area (Å²) < 4.78 is 68.6. The average Bonchev–Trinajstić information content (AvgIpc) is 3.60. The Morgan fingerprint density at radius 1 is 0.927 bits per heavy atom. The van der Waals surface area contributed by atoms with Crippen LogP contribution in [0.25, 0.3) is 45.0 Å². The number of oxazole rings is 1. The molecule has 0 saturated carbocycles. The van der Waals surface area contributed by atoms with Gasteiger partial charge < -0.3 is 13.9 Å². The minimum Gasteiger partial charge on any atom is -0.440 e. The summed E-state index contributed by atoms with van der Waals surface area (Å²) in [6.45, 7) is 1.66. The fraction of sp³-hybridized carbons (Fsp3) is 0.138. The molecule has 12 heteroatoms. The third kappa shape index (κ3) is 4.81. The van der Waals surface area contributed by atoms with Crippen LogP contribution in [0.2, 0.25) is 0 Å². The van der Waals surface area contributed by atoms with Gasteiger partial charge in [0.25, 0.3) is 0 Å². The monoisotopic (exact) mass is 574 g/mol. The molecule has 6 rings (SSSR count). The zero-order valence-corrected chi connectivity index (χ0v) is 22.7. The van der Waals surface area contributed by atoms with E-state index in [2.05, 4.69) is 19.6 Å². The van der Waals surface area contributed by atoms with E-state index in [-0.39, 0.29) is 22.1 Å². The van der Waals surface area contributed by atoms with E-state index in [4.69, 9.17) is 4.42 Å². The van der Waals surface area contributed by atoms with Crippen LogP contribution in [0, 0.1) is 18.3 Å². The maximum Gasteiger partial charge on any atom is 0.586 e. The maximum absolute atomic E-state index is 13.7. The molecule has 3 heterocycles. The van der Waals surface area contributed by atoms with Crippen molar-refractivity contribution in [3.8, 4) is 62.5 Å². The molecule has 1 aliphatic heterocycles. The number of alkyl halides is 2. The molecule has 1 aliphatic rings. The predicted octanol–water partition coefficient (Wildman–Crippen LogP) is 5.98. The summed E-state index contributed by atoms with van der Waals surface area (Å²) in [4.78, 5) is 4.71. The van der Waals surface area contributed by atoms with Gasteiger partial charge in [-0.3, -0.25) is 4.68 Å². The Labute approximate surface area is 233 Å². The highest BCUT2D eigenvalue weighted by atomic mass is 32.2. The van der Waals surface area contributed by atoms with Gasteiger partial charge in [-0.2, -0.15) is 10.4 Å². The standard InChI is InChI=1S/C29H20F2N4O5S/c1-16-33-27(19-8-10-25-26(13-19)40-29(30,31)39-25)28(38-16)23-12-18(17-5-4-6-21(11-17)41(3,36)37)7-9-22(23)24-14-20(15-32)34-35(24)2/h4-14H,1-3H3. The van der Waals surface area contributed by atoms with Crippen molar-refractivity contribution < 1.29 is 31.1 Å². The first kappa shape index (κ1) is 26.2. The number of sulfone groups is 1. The summed E-state index contributed by atoms with van der Waals surface area (Å²) in [5.41, 5.74) is 4.15. The number of hydrogen-bond donors (Lipinski definition) is 0. The summed E-state index contributed by atoms with van der Waals surface area (Å²) in [6.07, 6.45) is -2.63. The molecular formula is C29H20F2N4O5S. The van der Waals surface area contributed by atoms with Gasteiger partial charge in [-0.05, 0) is 47.5 Å². The molecule has 2 aromatic heterocycles. The van der Waals surface area contributed by atoms with E-state index in [0.717, 1.165) is 6.26 Å². The van der Waals surface area contributed by atoms with E-state index in [1.54, 1.807) is 49.0 Å². The van der Waals surface area contributed by atoms with Crippen LogP contribution in [-0.4, -0.2) is 35.7 Å². The van der Waals surface area contributed by atoms with Crippen molar-refractivity contribution in [2.24, 2.45) is 7.05 Å². The van der Waals surface area contributed by atoms with Crippen molar-refractivity contribution in [3.05, 3.63) is 78.3 Å². The molecule has 0 N–H and O–H groups in total. The molecule has 0 atom stereocenters. The Morgan fingerprint density at radius 2 is 1.66 bits per heavy atom. The highest BCUT2D eigenvalue weighted by Gasteiger charge is 2.43. The van der Waals surface area contributed by atoms with Crippen LogP contribution >= 0.6 is 0 Å². The van der Waals surface area contributed by atoms with Crippen LogP contribution in [0.15, 0.2) is 76.0 Å². The number of hydrogen-bond acceptors (Lipinski definition) is 8. The Hall–Kier alpha value is -5.02. The second-order valence-corrected chi connectivity index (χ2v) is 11.5. The van der Waals surface area contributed by atoms with Gasteiger partial charge in [-0.15, -0.1) is 8.78 Å². The Bertz CT molecular complexity index is 2010. The molecule has 0 spiro atoms. The van der Waals surface area contributed by atoms with Gasteiger partial charge in [0, 0.05) is 43.0 Å². The molecule has 3 aromatic carbocycles. The Morgan fingerprint density at radius 3 is 2.39 bits per heavy atom. The van der Waals surface area contributed by atoms with E-state index in [1.165, 1.54) is 18.2 Å². The second kappa shape index (κ2) is 9.28. The number of benzene rings is 3. The molecule has 0 bridgehead atoms. The first-order valence-electron chi connectivity index (χ1n) is 12.2. The van der Waals surface area contributed by atoms with Crippen molar-refractivity contribution in [2.75, 3.05) is 6.26 Å². The summed E-state index contributed by atoms with van der Waals surface area (Å²) in [7, 11) is -1.75. The third-order valence-corrected chi connectivity index (χ3v) is 7.65. The molecule has 5 aromatic rings. The molecule has 206 valence electrons. The lowest BCUT2D eigenvalue weighted by Crippen LogP contribution is -2.25. The highest BCUT2D eigenvalue weighted by Crippen LogP contribution is 2.46. The van der Waals surface area contributed by atoms with E-state index in [0.29, 0.717) is 50.9 Å². The third-order valence-electron chi connectivity index (χ3n) is 6.54. The molecule has 0 fully saturated rings. The number of aryl methyl sites for hydroxylation is 2. The predicted molar refractivity (Wildman–Crippen MR) is 144 cm³/mol. The van der Waals surface area contributed by atoms with Crippen molar-refractivity contribution >= 4 is 9.84 Å². The fourth-order valence-corrected chi connectivity index (χ4v) is 5.38. The van der Waals surface area contributed by atoms with Gasteiger partial charge in [-0.1, -0.05) is 24.3 Å². The van der Waals surface area contributed by atoms with Crippen LogP contribution in [0.3, 0.4) is 0 Å². The van der Waals surface area contributed by atoms with Crippen LogP contribution in [-0.2, 0) is 16.9 Å². The minimum atomic E-state index is -3.77. The molecular weight excluding hydrogens is 554 g/mol. The first-order valence-corrected chi connectivity index (χ1v) is 14.1. The average molecular weight is 575 g/mol. The SMILES string of the molecule is Cc1nc(-c2ccc3c(c2)OC(F)(F)O3)c(-c2cc(-c3cccc(S(C)(=O)=O)c3)ccc2-c2cc(C#N)nn2C)o1. The molecule has 0 radical (unpaired) electrons. The number of ether oxygens (including phenoxy) is 2. The number of rotatable bonds is 5. The summed E-state index contributed by atoms with van der Waals surface area (Å²) in [5.74, 6) is 0.393. The number of nitriles is 1. The minimum absolute atomic E-state index is 0.104. The van der Waals surface area contributed by atoms with Gasteiger partial charge in [-0.25, -0.2) is 13.4 Å². The van der Waals surface area contributed by atoms with Gasteiger partial charge in [0.1, 0.15) is 11.8 Å². The second-order valence-electron chi connectivity index (χ2n) is 9.45.